The lowest BCUT2D eigenvalue weighted by atomic mass is 10.1. The third-order valence-electron chi connectivity index (χ3n) is 5.50. The number of nitrogens with two attached hydrogens (primary N) is 1. The number of aryl methyl sites for hydroxylation is 1. The number of nitrogens with zero attached hydrogens (tertiary/aromatic N) is 2. The first kappa shape index (κ1) is 25.5. The maximum absolute atomic E-state index is 14.1. The number of pyridine rings is 1. The van der Waals surface area contributed by atoms with Crippen LogP contribution < -0.4 is 15.8 Å². The number of hydrogen-bond donors (Lipinski definition) is 4. The minimum absolute atomic E-state index is 0.0184. The predicted octanol–water partition coefficient (Wildman–Crippen LogP) is 3.49. The minimum atomic E-state index is -1.05. The molecule has 4 rings (SSSR count). The van der Waals surface area contributed by atoms with Gasteiger partial charge in [-0.3, -0.25) is 14.6 Å². The first-order chi connectivity index (χ1) is 17.7. The molecular formula is C27H25FN4O5. The molecule has 0 aliphatic carbocycles. The fraction of sp³-hybridized carbons (Fsp3) is 0.148. The highest BCUT2D eigenvalue weighted by Gasteiger charge is 2.16. The van der Waals surface area contributed by atoms with Crippen molar-refractivity contribution in [3.8, 4) is 22.9 Å². The van der Waals surface area contributed by atoms with E-state index in [4.69, 9.17) is 10.5 Å². The summed E-state index contributed by atoms with van der Waals surface area (Å²) in [5.41, 5.74) is 7.70. The van der Waals surface area contributed by atoms with Crippen molar-refractivity contribution in [3.63, 3.8) is 0 Å². The summed E-state index contributed by atoms with van der Waals surface area (Å²) in [7, 11) is 0. The molecule has 2 amide bonds. The molecule has 0 saturated heterocycles. The third kappa shape index (κ3) is 6.18. The topological polar surface area (TPSA) is 140 Å². The molecule has 2 heterocycles. The van der Waals surface area contributed by atoms with Gasteiger partial charge in [-0.1, -0.05) is 12.1 Å². The number of hydrogen-bond acceptors (Lipinski definition) is 6. The van der Waals surface area contributed by atoms with Gasteiger partial charge in [0.25, 0.3) is 5.91 Å². The van der Waals surface area contributed by atoms with Crippen LogP contribution in [-0.2, 0) is 6.54 Å². The SMILES string of the molecule is Cc1ccc(F)c(NC(=O)c2cccc(Oc3ccnc(-c4cc(C(N)=O)cn4CC(O)CO)c3)c2)c1. The molecule has 0 radical (unpaired) electrons. The lowest BCUT2D eigenvalue weighted by Crippen LogP contribution is -2.20. The van der Waals surface area contributed by atoms with E-state index in [-0.39, 0.29) is 23.4 Å². The molecule has 1 atom stereocenters. The highest BCUT2D eigenvalue weighted by molar-refractivity contribution is 6.04. The summed E-state index contributed by atoms with van der Waals surface area (Å²) in [5, 5.41) is 21.7. The number of anilines is 1. The molecular weight excluding hydrogens is 479 g/mol. The van der Waals surface area contributed by atoms with E-state index in [1.54, 1.807) is 54.0 Å². The summed E-state index contributed by atoms with van der Waals surface area (Å²) < 4.78 is 21.6. The Balaban J connectivity index is 1.56. The Hall–Kier alpha value is -4.54. The van der Waals surface area contributed by atoms with Gasteiger partial charge in [-0.2, -0.15) is 0 Å². The van der Waals surface area contributed by atoms with Crippen molar-refractivity contribution in [1.29, 1.82) is 0 Å². The summed E-state index contributed by atoms with van der Waals surface area (Å²) >= 11 is 0. The number of aromatic nitrogens is 2. The van der Waals surface area contributed by atoms with E-state index in [0.717, 1.165) is 5.56 Å². The van der Waals surface area contributed by atoms with Crippen molar-refractivity contribution in [2.75, 3.05) is 11.9 Å². The highest BCUT2D eigenvalue weighted by Crippen LogP contribution is 2.28. The number of rotatable bonds is 9. The molecule has 9 nitrogen and oxygen atoms in total. The van der Waals surface area contributed by atoms with Gasteiger partial charge >= 0.3 is 0 Å². The zero-order valence-electron chi connectivity index (χ0n) is 19.9. The van der Waals surface area contributed by atoms with Crippen molar-refractivity contribution < 1.29 is 28.9 Å². The fourth-order valence-corrected chi connectivity index (χ4v) is 3.68. The van der Waals surface area contributed by atoms with Crippen molar-refractivity contribution in [2.24, 2.45) is 5.73 Å². The number of ether oxygens (including phenoxy) is 1. The zero-order chi connectivity index (χ0) is 26.5. The van der Waals surface area contributed by atoms with Gasteiger partial charge in [-0.25, -0.2) is 4.39 Å². The molecule has 10 heteroatoms. The Labute approximate surface area is 212 Å². The number of carbonyl (C=O) groups is 2. The Morgan fingerprint density at radius 1 is 1.11 bits per heavy atom. The number of aliphatic hydroxyl groups excluding tert-OH is 2. The molecule has 5 N–H and O–H groups in total. The summed E-state index contributed by atoms with van der Waals surface area (Å²) in [5.74, 6) is -0.927. The molecule has 0 bridgehead atoms. The van der Waals surface area contributed by atoms with Gasteiger partial charge in [0.2, 0.25) is 5.91 Å². The quantitative estimate of drug-likeness (QED) is 0.275. The maximum Gasteiger partial charge on any atom is 0.255 e. The Morgan fingerprint density at radius 3 is 2.65 bits per heavy atom. The van der Waals surface area contributed by atoms with Crippen LogP contribution in [0.25, 0.3) is 11.4 Å². The van der Waals surface area contributed by atoms with Gasteiger partial charge in [0, 0.05) is 24.0 Å². The van der Waals surface area contributed by atoms with Crippen LogP contribution in [0.4, 0.5) is 10.1 Å². The molecule has 0 fully saturated rings. The van der Waals surface area contributed by atoms with Crippen molar-refractivity contribution in [1.82, 2.24) is 9.55 Å². The van der Waals surface area contributed by atoms with Crippen LogP contribution >= 0.6 is 0 Å². The zero-order valence-corrected chi connectivity index (χ0v) is 19.9. The van der Waals surface area contributed by atoms with E-state index >= 15 is 0 Å². The van der Waals surface area contributed by atoms with Gasteiger partial charge in [0.15, 0.2) is 0 Å². The monoisotopic (exact) mass is 504 g/mol. The van der Waals surface area contributed by atoms with Gasteiger partial charge in [0.1, 0.15) is 17.3 Å². The van der Waals surface area contributed by atoms with Gasteiger partial charge in [-0.05, 0) is 55.0 Å². The Morgan fingerprint density at radius 2 is 1.89 bits per heavy atom. The van der Waals surface area contributed by atoms with Crippen LogP contribution in [0.5, 0.6) is 11.5 Å². The molecule has 4 aromatic rings. The van der Waals surface area contributed by atoms with Crippen LogP contribution in [0.3, 0.4) is 0 Å². The van der Waals surface area contributed by atoms with E-state index < -0.39 is 30.3 Å². The molecule has 0 aliphatic rings. The molecule has 1 unspecified atom stereocenters. The summed E-state index contributed by atoms with van der Waals surface area (Å²) in [6.07, 6.45) is 1.93. The van der Waals surface area contributed by atoms with E-state index in [2.05, 4.69) is 10.3 Å². The highest BCUT2D eigenvalue weighted by atomic mass is 19.1. The van der Waals surface area contributed by atoms with Crippen LogP contribution in [0.2, 0.25) is 0 Å². The van der Waals surface area contributed by atoms with Gasteiger partial charge in [0.05, 0.1) is 41.9 Å². The molecule has 2 aromatic carbocycles. The number of halogens is 1. The second kappa shape index (κ2) is 11.0. The third-order valence-corrected chi connectivity index (χ3v) is 5.50. The number of aliphatic hydroxyl groups is 2. The first-order valence-corrected chi connectivity index (χ1v) is 11.3. The molecule has 37 heavy (non-hydrogen) atoms. The van der Waals surface area contributed by atoms with Gasteiger partial charge < -0.3 is 30.6 Å². The smallest absolute Gasteiger partial charge is 0.255 e. The Kier molecular flexibility index (Phi) is 7.61. The second-order valence-corrected chi connectivity index (χ2v) is 8.41. The van der Waals surface area contributed by atoms with Crippen molar-refractivity contribution in [2.45, 2.75) is 19.6 Å². The van der Waals surface area contributed by atoms with Crippen LogP contribution in [-0.4, -0.2) is 44.3 Å². The van der Waals surface area contributed by atoms with Crippen LogP contribution in [0, 0.1) is 12.7 Å². The minimum Gasteiger partial charge on any atom is -0.457 e. The average molecular weight is 505 g/mol. The van der Waals surface area contributed by atoms with Gasteiger partial charge in [-0.15, -0.1) is 0 Å². The lowest BCUT2D eigenvalue weighted by Gasteiger charge is -2.13. The lowest BCUT2D eigenvalue weighted by molar-refractivity contribution is 0.0815. The van der Waals surface area contributed by atoms with Crippen LogP contribution in [0.15, 0.2) is 73.1 Å². The van der Waals surface area contributed by atoms with E-state index in [9.17, 15) is 24.2 Å². The molecule has 2 aromatic heterocycles. The van der Waals surface area contributed by atoms with Crippen molar-refractivity contribution in [3.05, 3.63) is 95.6 Å². The number of primary amides is 1. The number of benzene rings is 2. The maximum atomic E-state index is 14.1. The molecule has 0 saturated carbocycles. The normalized spacial score (nSPS) is 11.7. The number of amides is 2. The van der Waals surface area contributed by atoms with Crippen LogP contribution in [0.1, 0.15) is 26.3 Å². The predicted molar refractivity (Wildman–Crippen MR) is 135 cm³/mol. The second-order valence-electron chi connectivity index (χ2n) is 8.41. The Bertz CT molecular complexity index is 1450. The largest absolute Gasteiger partial charge is 0.457 e. The summed E-state index contributed by atoms with van der Waals surface area (Å²) in [6, 6.07) is 15.6. The number of nitrogens with one attached hydrogen (secondary N) is 1. The molecule has 190 valence electrons. The summed E-state index contributed by atoms with van der Waals surface area (Å²) in [6.45, 7) is 1.36. The van der Waals surface area contributed by atoms with E-state index in [1.807, 2.05) is 0 Å². The van der Waals surface area contributed by atoms with E-state index in [0.29, 0.717) is 22.9 Å². The van der Waals surface area contributed by atoms with E-state index in [1.165, 1.54) is 30.6 Å². The standard InChI is InChI=1S/C27H25FN4O5/c1-16-5-6-22(28)23(9-16)31-27(36)17-3-2-4-20(10-17)37-21-7-8-30-24(12-21)25-11-18(26(29)35)13-32(25)14-19(34)15-33/h2-13,19,33-34H,14-15H2,1H3,(H2,29,35)(H,31,36). The molecule has 0 aliphatic heterocycles. The molecule has 0 spiro atoms. The fourth-order valence-electron chi connectivity index (χ4n) is 3.68. The average Bonchev–Trinajstić information content (AvgIpc) is 3.30. The summed E-state index contributed by atoms with van der Waals surface area (Å²) in [4.78, 5) is 28.7. The van der Waals surface area contributed by atoms with Crippen molar-refractivity contribution >= 4 is 17.5 Å². The number of carbonyl (C=O) groups excluding carboxylic acids is 2. The first-order valence-electron chi connectivity index (χ1n) is 11.3.